The van der Waals surface area contributed by atoms with Crippen molar-refractivity contribution in [2.45, 2.75) is 0 Å². The van der Waals surface area contributed by atoms with Crippen molar-refractivity contribution in [1.29, 1.82) is 0 Å². The van der Waals surface area contributed by atoms with Crippen LogP contribution in [-0.2, 0) is 0 Å². The zero-order valence-corrected chi connectivity index (χ0v) is 16.9. The summed E-state index contributed by atoms with van der Waals surface area (Å²) in [7, 11) is 2.15. The third kappa shape index (κ3) is 4.75. The average Bonchev–Trinajstić information content (AvgIpc) is 2.75. The SMILES string of the molecule is CN1CCN(c2ccc(N/C(N)=N/c3cccc(-c4ccccc4F)n3)cc2)CC1. The van der Waals surface area contributed by atoms with E-state index >= 15 is 0 Å². The van der Waals surface area contributed by atoms with E-state index in [2.05, 4.69) is 44.3 Å². The molecule has 0 saturated carbocycles. The maximum Gasteiger partial charge on any atom is 0.199 e. The lowest BCUT2D eigenvalue weighted by Gasteiger charge is -2.34. The van der Waals surface area contributed by atoms with E-state index < -0.39 is 0 Å². The van der Waals surface area contributed by atoms with Crippen molar-refractivity contribution in [2.75, 3.05) is 43.4 Å². The minimum atomic E-state index is -0.322. The van der Waals surface area contributed by atoms with Crippen molar-refractivity contribution < 1.29 is 4.39 Å². The fourth-order valence-corrected chi connectivity index (χ4v) is 3.42. The van der Waals surface area contributed by atoms with E-state index in [4.69, 9.17) is 5.73 Å². The summed E-state index contributed by atoms with van der Waals surface area (Å²) in [5.41, 5.74) is 9.05. The van der Waals surface area contributed by atoms with Gasteiger partial charge in [0.25, 0.3) is 0 Å². The molecule has 1 saturated heterocycles. The van der Waals surface area contributed by atoms with E-state index in [1.807, 2.05) is 12.1 Å². The molecular weight excluding hydrogens is 379 g/mol. The molecule has 0 radical (unpaired) electrons. The number of nitrogens with one attached hydrogen (secondary N) is 1. The highest BCUT2D eigenvalue weighted by Gasteiger charge is 2.14. The Labute approximate surface area is 175 Å². The molecule has 0 bridgehead atoms. The molecule has 0 amide bonds. The van der Waals surface area contributed by atoms with Gasteiger partial charge in [0.05, 0.1) is 5.69 Å². The number of nitrogens with zero attached hydrogens (tertiary/aromatic N) is 4. The van der Waals surface area contributed by atoms with Gasteiger partial charge in [0.2, 0.25) is 0 Å². The second-order valence-corrected chi connectivity index (χ2v) is 7.32. The summed E-state index contributed by atoms with van der Waals surface area (Å²) in [6.07, 6.45) is 0. The lowest BCUT2D eigenvalue weighted by molar-refractivity contribution is 0.313. The summed E-state index contributed by atoms with van der Waals surface area (Å²) in [6, 6.07) is 19.9. The summed E-state index contributed by atoms with van der Waals surface area (Å²) in [4.78, 5) is 13.4. The summed E-state index contributed by atoms with van der Waals surface area (Å²) in [5, 5.41) is 3.09. The fraction of sp³-hybridized carbons (Fsp3) is 0.217. The van der Waals surface area contributed by atoms with Crippen molar-refractivity contribution >= 4 is 23.2 Å². The Morgan fingerprint density at radius 1 is 0.967 bits per heavy atom. The van der Waals surface area contributed by atoms with Crippen LogP contribution >= 0.6 is 0 Å². The number of guanidine groups is 1. The van der Waals surface area contributed by atoms with Gasteiger partial charge in [-0.25, -0.2) is 9.37 Å². The molecule has 6 nitrogen and oxygen atoms in total. The third-order valence-electron chi connectivity index (χ3n) is 5.13. The number of aliphatic imine (C=N–C) groups is 1. The Bertz CT molecular complexity index is 1030. The topological polar surface area (TPSA) is 69.8 Å². The number of benzene rings is 2. The first kappa shape index (κ1) is 19.8. The largest absolute Gasteiger partial charge is 0.369 e. The van der Waals surface area contributed by atoms with Gasteiger partial charge in [-0.05, 0) is 55.6 Å². The molecule has 0 spiro atoms. The van der Waals surface area contributed by atoms with Crippen LogP contribution in [0.25, 0.3) is 11.3 Å². The molecule has 154 valence electrons. The maximum absolute atomic E-state index is 14.0. The first-order chi connectivity index (χ1) is 14.6. The van der Waals surface area contributed by atoms with Crippen LogP contribution in [0.15, 0.2) is 71.7 Å². The Morgan fingerprint density at radius 2 is 1.70 bits per heavy atom. The Kier molecular flexibility index (Phi) is 5.90. The number of pyridine rings is 1. The average molecular weight is 404 g/mol. The van der Waals surface area contributed by atoms with Crippen LogP contribution in [0, 0.1) is 5.82 Å². The molecule has 1 aromatic heterocycles. The smallest absolute Gasteiger partial charge is 0.199 e. The van der Waals surface area contributed by atoms with Crippen LogP contribution < -0.4 is 16.0 Å². The molecule has 2 heterocycles. The molecule has 30 heavy (non-hydrogen) atoms. The quantitative estimate of drug-likeness (QED) is 0.513. The lowest BCUT2D eigenvalue weighted by atomic mass is 10.1. The Hall–Kier alpha value is -3.45. The molecule has 0 atom stereocenters. The molecule has 7 heteroatoms. The minimum absolute atomic E-state index is 0.223. The van der Waals surface area contributed by atoms with Crippen molar-refractivity contribution in [3.05, 3.63) is 72.5 Å². The van der Waals surface area contributed by atoms with Crippen LogP contribution in [0.4, 0.5) is 21.6 Å². The second-order valence-electron chi connectivity index (χ2n) is 7.32. The number of halogens is 1. The molecule has 1 aliphatic rings. The lowest BCUT2D eigenvalue weighted by Crippen LogP contribution is -2.44. The summed E-state index contributed by atoms with van der Waals surface area (Å²) in [6.45, 7) is 4.19. The van der Waals surface area contributed by atoms with Gasteiger partial charge in [-0.3, -0.25) is 0 Å². The van der Waals surface area contributed by atoms with Gasteiger partial charge in [0.15, 0.2) is 11.8 Å². The number of likely N-dealkylation sites (N-methyl/N-ethyl adjacent to an activating group) is 1. The predicted molar refractivity (Wildman–Crippen MR) is 121 cm³/mol. The van der Waals surface area contributed by atoms with Crippen molar-refractivity contribution in [3.8, 4) is 11.3 Å². The molecule has 0 aliphatic carbocycles. The van der Waals surface area contributed by atoms with Gasteiger partial charge in [0.1, 0.15) is 5.82 Å². The van der Waals surface area contributed by atoms with E-state index in [-0.39, 0.29) is 11.8 Å². The zero-order valence-electron chi connectivity index (χ0n) is 16.9. The highest BCUT2D eigenvalue weighted by atomic mass is 19.1. The van der Waals surface area contributed by atoms with Crippen LogP contribution in [0.2, 0.25) is 0 Å². The zero-order chi connectivity index (χ0) is 20.9. The first-order valence-corrected chi connectivity index (χ1v) is 9.95. The van der Waals surface area contributed by atoms with Gasteiger partial charge in [0, 0.05) is 43.1 Å². The normalized spacial score (nSPS) is 15.3. The number of piperazine rings is 1. The Balaban J connectivity index is 1.44. The first-order valence-electron chi connectivity index (χ1n) is 9.95. The molecule has 1 fully saturated rings. The van der Waals surface area contributed by atoms with Gasteiger partial charge in [-0.1, -0.05) is 18.2 Å². The van der Waals surface area contributed by atoms with E-state index in [9.17, 15) is 4.39 Å². The van der Waals surface area contributed by atoms with Gasteiger partial charge < -0.3 is 20.9 Å². The summed E-state index contributed by atoms with van der Waals surface area (Å²) in [5.74, 6) is 0.313. The number of rotatable bonds is 4. The number of anilines is 2. The van der Waals surface area contributed by atoms with Gasteiger partial charge in [-0.2, -0.15) is 4.99 Å². The monoisotopic (exact) mass is 404 g/mol. The summed E-state index contributed by atoms with van der Waals surface area (Å²) >= 11 is 0. The van der Waals surface area contributed by atoms with E-state index in [0.29, 0.717) is 17.1 Å². The van der Waals surface area contributed by atoms with Gasteiger partial charge in [-0.15, -0.1) is 0 Å². The van der Waals surface area contributed by atoms with E-state index in [1.165, 1.54) is 11.8 Å². The van der Waals surface area contributed by atoms with Crippen molar-refractivity contribution in [3.63, 3.8) is 0 Å². The van der Waals surface area contributed by atoms with E-state index in [0.717, 1.165) is 31.9 Å². The van der Waals surface area contributed by atoms with Crippen LogP contribution in [0.1, 0.15) is 0 Å². The standard InChI is InChI=1S/C23H25FN6/c1-29-13-15-30(16-14-29)18-11-9-17(10-12-18)26-23(25)28-22-8-4-7-21(27-22)19-5-2-3-6-20(19)24/h2-12H,13-16H2,1H3,(H3,25,26,27,28). The summed E-state index contributed by atoms with van der Waals surface area (Å²) < 4.78 is 14.0. The number of hydrogen-bond acceptors (Lipinski definition) is 4. The fourth-order valence-electron chi connectivity index (χ4n) is 3.42. The molecule has 0 unspecified atom stereocenters. The van der Waals surface area contributed by atoms with Gasteiger partial charge >= 0.3 is 0 Å². The molecule has 3 aromatic rings. The molecule has 3 N–H and O–H groups in total. The highest BCUT2D eigenvalue weighted by molar-refractivity contribution is 5.94. The van der Waals surface area contributed by atoms with Crippen LogP contribution in [0.3, 0.4) is 0 Å². The highest BCUT2D eigenvalue weighted by Crippen LogP contribution is 2.23. The molecular formula is C23H25FN6. The maximum atomic E-state index is 14.0. The predicted octanol–water partition coefficient (Wildman–Crippen LogP) is 3.70. The van der Waals surface area contributed by atoms with Crippen LogP contribution in [-0.4, -0.2) is 49.1 Å². The number of aromatic nitrogens is 1. The number of nitrogens with two attached hydrogens (primary N) is 1. The number of hydrogen-bond donors (Lipinski definition) is 2. The third-order valence-corrected chi connectivity index (χ3v) is 5.13. The Morgan fingerprint density at radius 3 is 2.43 bits per heavy atom. The van der Waals surface area contributed by atoms with E-state index in [1.54, 1.807) is 36.4 Å². The second kappa shape index (κ2) is 8.92. The van der Waals surface area contributed by atoms with Crippen molar-refractivity contribution in [2.24, 2.45) is 10.7 Å². The molecule has 4 rings (SSSR count). The van der Waals surface area contributed by atoms with Crippen molar-refractivity contribution in [1.82, 2.24) is 9.88 Å². The van der Waals surface area contributed by atoms with Crippen LogP contribution in [0.5, 0.6) is 0 Å². The molecule has 1 aliphatic heterocycles. The molecule has 2 aromatic carbocycles. The minimum Gasteiger partial charge on any atom is -0.369 e.